The third-order valence-corrected chi connectivity index (χ3v) is 6.80. The summed E-state index contributed by atoms with van der Waals surface area (Å²) in [6.45, 7) is 3.44. The molecule has 0 radical (unpaired) electrons. The Balaban J connectivity index is 2.36. The second kappa shape index (κ2) is 12.7. The van der Waals surface area contributed by atoms with E-state index in [4.69, 9.17) is 16.3 Å². The van der Waals surface area contributed by atoms with Crippen LogP contribution in [0.4, 0.5) is 10.1 Å². The fraction of sp³-hybridized carbons (Fsp3) is 0.417. The van der Waals surface area contributed by atoms with Crippen molar-refractivity contribution in [3.8, 4) is 5.75 Å². The van der Waals surface area contributed by atoms with Gasteiger partial charge in [0.1, 0.15) is 24.2 Å². The van der Waals surface area contributed by atoms with Crippen LogP contribution in [0.15, 0.2) is 42.5 Å². The fourth-order valence-corrected chi connectivity index (χ4v) is 4.42. The molecule has 35 heavy (non-hydrogen) atoms. The number of rotatable bonds is 12. The van der Waals surface area contributed by atoms with Crippen molar-refractivity contribution < 1.29 is 27.1 Å². The third kappa shape index (κ3) is 8.10. The summed E-state index contributed by atoms with van der Waals surface area (Å²) < 4.78 is 44.6. The Morgan fingerprint density at radius 1 is 1.17 bits per heavy atom. The number of carbonyl (C=O) groups is 2. The van der Waals surface area contributed by atoms with Crippen LogP contribution in [-0.4, -0.2) is 57.6 Å². The molecular formula is C24H31ClFN3O5S. The van der Waals surface area contributed by atoms with Crippen LogP contribution in [0.25, 0.3) is 0 Å². The van der Waals surface area contributed by atoms with E-state index in [2.05, 4.69) is 5.32 Å². The lowest BCUT2D eigenvalue weighted by molar-refractivity contribution is -0.139. The highest BCUT2D eigenvalue weighted by Gasteiger charge is 2.30. The van der Waals surface area contributed by atoms with Gasteiger partial charge >= 0.3 is 0 Å². The zero-order valence-corrected chi connectivity index (χ0v) is 21.8. The van der Waals surface area contributed by atoms with Gasteiger partial charge in [-0.3, -0.25) is 13.9 Å². The molecule has 0 saturated carbocycles. The molecule has 2 aromatic rings. The molecule has 2 rings (SSSR count). The molecule has 0 bridgehead atoms. The number of ether oxygens (including phenoxy) is 1. The van der Waals surface area contributed by atoms with Crippen LogP contribution in [0, 0.1) is 5.82 Å². The normalized spacial score (nSPS) is 12.1. The average Bonchev–Trinajstić information content (AvgIpc) is 2.80. The molecule has 1 N–H and O–H groups in total. The Hall–Kier alpha value is -2.85. The summed E-state index contributed by atoms with van der Waals surface area (Å²) in [5.74, 6) is -1.06. The number of carbonyl (C=O) groups excluding carboxylic acids is 2. The third-order valence-electron chi connectivity index (χ3n) is 5.37. The van der Waals surface area contributed by atoms with Crippen LogP contribution < -0.4 is 14.4 Å². The van der Waals surface area contributed by atoms with E-state index in [1.807, 2.05) is 6.92 Å². The molecule has 0 saturated heterocycles. The van der Waals surface area contributed by atoms with E-state index in [9.17, 15) is 22.4 Å². The quantitative estimate of drug-likeness (QED) is 0.426. The van der Waals surface area contributed by atoms with Gasteiger partial charge in [0, 0.05) is 13.1 Å². The number of nitrogens with zero attached hydrogens (tertiary/aromatic N) is 2. The number of anilines is 1. The Labute approximate surface area is 211 Å². The molecule has 0 aliphatic carbocycles. The van der Waals surface area contributed by atoms with Gasteiger partial charge in [0.05, 0.1) is 24.1 Å². The molecule has 0 aromatic heterocycles. The summed E-state index contributed by atoms with van der Waals surface area (Å²) in [5.41, 5.74) is 0.764. The molecular weight excluding hydrogens is 497 g/mol. The van der Waals surface area contributed by atoms with Gasteiger partial charge in [-0.1, -0.05) is 37.1 Å². The molecule has 0 spiro atoms. The summed E-state index contributed by atoms with van der Waals surface area (Å²) in [6.07, 6.45) is 2.65. The zero-order chi connectivity index (χ0) is 26.2. The molecule has 0 heterocycles. The number of benzene rings is 2. The minimum atomic E-state index is -3.89. The summed E-state index contributed by atoms with van der Waals surface area (Å²) in [6, 6.07) is 9.00. The first kappa shape index (κ1) is 28.4. The van der Waals surface area contributed by atoms with Gasteiger partial charge in [0.25, 0.3) is 0 Å². The number of methoxy groups -OCH3 is 1. The highest BCUT2D eigenvalue weighted by molar-refractivity contribution is 7.92. The van der Waals surface area contributed by atoms with Crippen molar-refractivity contribution in [2.75, 3.05) is 30.8 Å². The zero-order valence-electron chi connectivity index (χ0n) is 20.3. The minimum Gasteiger partial charge on any atom is -0.495 e. The SMILES string of the molecule is CCCCNC(=O)[C@H](C)N(Cc1ccc(F)cc1)C(=O)CN(c1ccc(OC)c(Cl)c1)S(C)(=O)=O. The van der Waals surface area contributed by atoms with E-state index in [0.717, 1.165) is 23.4 Å². The largest absolute Gasteiger partial charge is 0.495 e. The second-order valence-corrected chi connectivity index (χ2v) is 10.4. The topological polar surface area (TPSA) is 96.0 Å². The number of unbranched alkanes of at least 4 members (excludes halogenated alkanes) is 1. The molecule has 0 unspecified atom stereocenters. The van der Waals surface area contributed by atoms with Crippen LogP contribution in [0.3, 0.4) is 0 Å². The summed E-state index contributed by atoms with van der Waals surface area (Å²) in [5, 5.41) is 2.97. The lowest BCUT2D eigenvalue weighted by atomic mass is 10.1. The lowest BCUT2D eigenvalue weighted by Crippen LogP contribution is -2.51. The number of hydrogen-bond donors (Lipinski definition) is 1. The molecule has 192 valence electrons. The van der Waals surface area contributed by atoms with Crippen molar-refractivity contribution in [3.63, 3.8) is 0 Å². The van der Waals surface area contributed by atoms with Crippen molar-refractivity contribution in [2.45, 2.75) is 39.3 Å². The van der Waals surface area contributed by atoms with Gasteiger partial charge in [-0.15, -0.1) is 0 Å². The maximum absolute atomic E-state index is 13.4. The summed E-state index contributed by atoms with van der Waals surface area (Å²) >= 11 is 6.17. The monoisotopic (exact) mass is 527 g/mol. The molecule has 2 amide bonds. The number of sulfonamides is 1. The first-order valence-corrected chi connectivity index (χ1v) is 13.3. The minimum absolute atomic E-state index is 0.0115. The molecule has 0 aliphatic rings. The van der Waals surface area contributed by atoms with Gasteiger partial charge in [0.15, 0.2) is 0 Å². The van der Waals surface area contributed by atoms with Crippen LogP contribution in [0.2, 0.25) is 5.02 Å². The number of amides is 2. The second-order valence-electron chi connectivity index (χ2n) is 8.06. The molecule has 0 fully saturated rings. The Morgan fingerprint density at radius 3 is 2.37 bits per heavy atom. The van der Waals surface area contributed by atoms with Crippen LogP contribution in [-0.2, 0) is 26.2 Å². The van der Waals surface area contributed by atoms with E-state index < -0.39 is 34.3 Å². The van der Waals surface area contributed by atoms with E-state index in [0.29, 0.717) is 17.9 Å². The van der Waals surface area contributed by atoms with E-state index in [1.165, 1.54) is 54.5 Å². The summed E-state index contributed by atoms with van der Waals surface area (Å²) in [4.78, 5) is 27.5. The first-order valence-electron chi connectivity index (χ1n) is 11.1. The molecule has 8 nitrogen and oxygen atoms in total. The van der Waals surface area contributed by atoms with Crippen molar-refractivity contribution in [2.24, 2.45) is 0 Å². The molecule has 11 heteroatoms. The van der Waals surface area contributed by atoms with Crippen molar-refractivity contribution in [1.82, 2.24) is 10.2 Å². The molecule has 2 aromatic carbocycles. The lowest BCUT2D eigenvalue weighted by Gasteiger charge is -2.31. The highest BCUT2D eigenvalue weighted by Crippen LogP contribution is 2.30. The van der Waals surface area contributed by atoms with Crippen molar-refractivity contribution in [1.29, 1.82) is 0 Å². The van der Waals surface area contributed by atoms with E-state index >= 15 is 0 Å². The highest BCUT2D eigenvalue weighted by atomic mass is 35.5. The number of hydrogen-bond acceptors (Lipinski definition) is 5. The van der Waals surface area contributed by atoms with E-state index in [-0.39, 0.29) is 23.2 Å². The number of nitrogens with one attached hydrogen (secondary N) is 1. The molecule has 0 aliphatic heterocycles. The predicted molar refractivity (Wildman–Crippen MR) is 135 cm³/mol. The maximum Gasteiger partial charge on any atom is 0.244 e. The Morgan fingerprint density at radius 2 is 1.83 bits per heavy atom. The smallest absolute Gasteiger partial charge is 0.244 e. The van der Waals surface area contributed by atoms with Crippen LogP contribution >= 0.6 is 11.6 Å². The average molecular weight is 528 g/mol. The number of halogens is 2. The van der Waals surface area contributed by atoms with Gasteiger partial charge < -0.3 is 15.0 Å². The fourth-order valence-electron chi connectivity index (χ4n) is 3.33. The first-order chi connectivity index (χ1) is 16.5. The van der Waals surface area contributed by atoms with Gasteiger partial charge in [-0.2, -0.15) is 0 Å². The Bertz CT molecular complexity index is 1130. The summed E-state index contributed by atoms with van der Waals surface area (Å²) in [7, 11) is -2.46. The van der Waals surface area contributed by atoms with Gasteiger partial charge in [-0.05, 0) is 49.2 Å². The maximum atomic E-state index is 13.4. The van der Waals surface area contributed by atoms with Crippen molar-refractivity contribution >= 4 is 39.1 Å². The van der Waals surface area contributed by atoms with Crippen molar-refractivity contribution in [3.05, 3.63) is 58.9 Å². The predicted octanol–water partition coefficient (Wildman–Crippen LogP) is 3.59. The Kier molecular flexibility index (Phi) is 10.3. The van der Waals surface area contributed by atoms with Crippen LogP contribution in [0.1, 0.15) is 32.3 Å². The van der Waals surface area contributed by atoms with Gasteiger partial charge in [0.2, 0.25) is 21.8 Å². The standard InChI is InChI=1S/C24H31ClFN3O5S/c1-5-6-13-27-24(31)17(2)28(15-18-7-9-19(26)10-8-18)23(30)16-29(35(4,32)33)20-11-12-22(34-3)21(25)14-20/h7-12,14,17H,5-6,13,15-16H2,1-4H3,(H,27,31)/t17-/m0/s1. The van der Waals surface area contributed by atoms with Crippen LogP contribution in [0.5, 0.6) is 5.75 Å². The van der Waals surface area contributed by atoms with Gasteiger partial charge in [-0.25, -0.2) is 12.8 Å². The van der Waals surface area contributed by atoms with E-state index in [1.54, 1.807) is 6.92 Å². The molecule has 1 atom stereocenters.